The summed E-state index contributed by atoms with van der Waals surface area (Å²) in [6, 6.07) is 3.87. The van der Waals surface area contributed by atoms with Crippen molar-refractivity contribution in [2.24, 2.45) is 7.05 Å². The van der Waals surface area contributed by atoms with Crippen LogP contribution in [-0.4, -0.2) is 59.2 Å². The first-order chi connectivity index (χ1) is 10.6. The van der Waals surface area contributed by atoms with Crippen molar-refractivity contribution in [2.45, 2.75) is 6.54 Å². The molecule has 2 heterocycles. The third-order valence-corrected chi connectivity index (χ3v) is 3.96. The quantitative estimate of drug-likeness (QED) is 0.912. The van der Waals surface area contributed by atoms with Crippen LogP contribution in [0.5, 0.6) is 5.75 Å². The standard InChI is InChI=1S/C15H19N3O4/c1-17-11-4-3-10(9-18-5-7-22-8-6-18)14(21-2)12(11)13(16-17)15(19)20/h3-4H,5-9H2,1-2H3,(H,19,20). The van der Waals surface area contributed by atoms with Crippen LogP contribution in [-0.2, 0) is 18.3 Å². The van der Waals surface area contributed by atoms with Crippen molar-refractivity contribution in [3.8, 4) is 5.75 Å². The lowest BCUT2D eigenvalue weighted by Crippen LogP contribution is -2.35. The molecule has 1 fully saturated rings. The van der Waals surface area contributed by atoms with E-state index in [9.17, 15) is 9.90 Å². The number of nitrogens with zero attached hydrogens (tertiary/aromatic N) is 3. The average Bonchev–Trinajstić information content (AvgIpc) is 2.86. The van der Waals surface area contributed by atoms with Crippen LogP contribution in [0, 0.1) is 0 Å². The van der Waals surface area contributed by atoms with Gasteiger partial charge in [-0.25, -0.2) is 4.79 Å². The summed E-state index contributed by atoms with van der Waals surface area (Å²) in [6.07, 6.45) is 0. The van der Waals surface area contributed by atoms with Crippen molar-refractivity contribution in [1.82, 2.24) is 14.7 Å². The number of methoxy groups -OCH3 is 1. The third kappa shape index (κ3) is 2.53. The normalized spacial score (nSPS) is 16.1. The molecular weight excluding hydrogens is 286 g/mol. The van der Waals surface area contributed by atoms with Gasteiger partial charge in [0, 0.05) is 32.2 Å². The van der Waals surface area contributed by atoms with Gasteiger partial charge >= 0.3 is 5.97 Å². The second-order valence-electron chi connectivity index (χ2n) is 5.32. The topological polar surface area (TPSA) is 76.8 Å². The highest BCUT2D eigenvalue weighted by Gasteiger charge is 2.22. The van der Waals surface area contributed by atoms with Gasteiger partial charge in [-0.05, 0) is 6.07 Å². The number of carboxylic acid groups (broad SMARTS) is 1. The van der Waals surface area contributed by atoms with Gasteiger partial charge in [-0.2, -0.15) is 5.10 Å². The minimum Gasteiger partial charge on any atom is -0.496 e. The van der Waals surface area contributed by atoms with Crippen molar-refractivity contribution in [3.63, 3.8) is 0 Å². The van der Waals surface area contributed by atoms with Crippen LogP contribution < -0.4 is 4.74 Å². The Morgan fingerprint density at radius 3 is 2.77 bits per heavy atom. The van der Waals surface area contributed by atoms with Gasteiger partial charge in [-0.1, -0.05) is 6.07 Å². The maximum Gasteiger partial charge on any atom is 0.357 e. The lowest BCUT2D eigenvalue weighted by Gasteiger charge is -2.27. The predicted octanol–water partition coefficient (Wildman–Crippen LogP) is 1.11. The number of aromatic carboxylic acids is 1. The summed E-state index contributed by atoms with van der Waals surface area (Å²) in [6.45, 7) is 3.87. The van der Waals surface area contributed by atoms with E-state index < -0.39 is 5.97 Å². The first kappa shape index (κ1) is 14.8. The van der Waals surface area contributed by atoms with Gasteiger partial charge < -0.3 is 14.6 Å². The maximum absolute atomic E-state index is 11.4. The summed E-state index contributed by atoms with van der Waals surface area (Å²) in [5, 5.41) is 14.0. The van der Waals surface area contributed by atoms with E-state index in [1.165, 1.54) is 0 Å². The summed E-state index contributed by atoms with van der Waals surface area (Å²) in [5.74, 6) is -0.457. The summed E-state index contributed by atoms with van der Waals surface area (Å²) in [4.78, 5) is 13.7. The van der Waals surface area contributed by atoms with Crippen LogP contribution in [0.3, 0.4) is 0 Å². The summed E-state index contributed by atoms with van der Waals surface area (Å²) < 4.78 is 12.5. The van der Waals surface area contributed by atoms with Gasteiger partial charge in [-0.15, -0.1) is 0 Å². The SMILES string of the molecule is COc1c(CN2CCOCC2)ccc2c1c(C(=O)O)nn2C. The summed E-state index contributed by atoms with van der Waals surface area (Å²) in [7, 11) is 3.30. The lowest BCUT2D eigenvalue weighted by atomic mass is 10.1. The minimum atomic E-state index is -1.05. The molecule has 0 unspecified atom stereocenters. The maximum atomic E-state index is 11.4. The predicted molar refractivity (Wildman–Crippen MR) is 80.3 cm³/mol. The lowest BCUT2D eigenvalue weighted by molar-refractivity contribution is 0.0339. The molecule has 0 saturated carbocycles. The molecular formula is C15H19N3O4. The molecule has 0 aliphatic carbocycles. The van der Waals surface area contributed by atoms with Crippen LogP contribution in [0.25, 0.3) is 10.9 Å². The largest absolute Gasteiger partial charge is 0.496 e. The number of hydrogen-bond acceptors (Lipinski definition) is 5. The number of rotatable bonds is 4. The molecule has 22 heavy (non-hydrogen) atoms. The Bertz CT molecular complexity index is 704. The molecule has 1 aliphatic rings. The molecule has 0 amide bonds. The molecule has 2 aromatic rings. The zero-order valence-corrected chi connectivity index (χ0v) is 12.7. The van der Waals surface area contributed by atoms with Crippen molar-refractivity contribution < 1.29 is 19.4 Å². The third-order valence-electron chi connectivity index (χ3n) is 3.96. The van der Waals surface area contributed by atoms with Gasteiger partial charge in [0.1, 0.15) is 5.75 Å². The van der Waals surface area contributed by atoms with E-state index in [-0.39, 0.29) is 5.69 Å². The zero-order valence-electron chi connectivity index (χ0n) is 12.7. The van der Waals surface area contributed by atoms with E-state index >= 15 is 0 Å². The number of fused-ring (bicyclic) bond motifs is 1. The number of carbonyl (C=O) groups is 1. The monoisotopic (exact) mass is 305 g/mol. The fraction of sp³-hybridized carbons (Fsp3) is 0.467. The van der Waals surface area contributed by atoms with E-state index in [4.69, 9.17) is 9.47 Å². The molecule has 1 saturated heterocycles. The first-order valence-corrected chi connectivity index (χ1v) is 7.17. The minimum absolute atomic E-state index is 0.0261. The fourth-order valence-electron chi connectivity index (χ4n) is 2.88. The van der Waals surface area contributed by atoms with E-state index in [0.29, 0.717) is 17.7 Å². The highest BCUT2D eigenvalue weighted by atomic mass is 16.5. The van der Waals surface area contributed by atoms with E-state index in [1.807, 2.05) is 12.1 Å². The van der Waals surface area contributed by atoms with E-state index in [2.05, 4.69) is 10.00 Å². The highest BCUT2D eigenvalue weighted by Crippen LogP contribution is 2.33. The molecule has 7 nitrogen and oxygen atoms in total. The number of benzene rings is 1. The van der Waals surface area contributed by atoms with Crippen molar-refractivity contribution in [2.75, 3.05) is 33.4 Å². The Hall–Kier alpha value is -2.12. The number of aromatic nitrogens is 2. The molecule has 7 heteroatoms. The fourth-order valence-corrected chi connectivity index (χ4v) is 2.88. The Kier molecular flexibility index (Phi) is 4.00. The van der Waals surface area contributed by atoms with E-state index in [1.54, 1.807) is 18.8 Å². The Morgan fingerprint density at radius 2 is 2.14 bits per heavy atom. The van der Waals surface area contributed by atoms with Crippen LogP contribution in [0.1, 0.15) is 16.1 Å². The number of carboxylic acids is 1. The van der Waals surface area contributed by atoms with E-state index in [0.717, 1.165) is 37.4 Å². The highest BCUT2D eigenvalue weighted by molar-refractivity contribution is 6.04. The Labute approximate surface area is 128 Å². The van der Waals surface area contributed by atoms with Gasteiger partial charge in [0.15, 0.2) is 5.69 Å². The zero-order chi connectivity index (χ0) is 15.7. The molecule has 118 valence electrons. The molecule has 0 spiro atoms. The first-order valence-electron chi connectivity index (χ1n) is 7.17. The van der Waals surface area contributed by atoms with Crippen molar-refractivity contribution in [3.05, 3.63) is 23.4 Å². The Morgan fingerprint density at radius 1 is 1.41 bits per heavy atom. The molecule has 3 rings (SSSR count). The summed E-state index contributed by atoms with van der Waals surface area (Å²) in [5.41, 5.74) is 1.74. The molecule has 1 aromatic heterocycles. The number of morpholine rings is 1. The van der Waals surface area contributed by atoms with Gasteiger partial charge in [-0.3, -0.25) is 9.58 Å². The molecule has 0 bridgehead atoms. The second kappa shape index (κ2) is 5.94. The van der Waals surface area contributed by atoms with Crippen molar-refractivity contribution >= 4 is 16.9 Å². The smallest absolute Gasteiger partial charge is 0.357 e. The molecule has 0 atom stereocenters. The molecule has 1 aromatic carbocycles. The molecule has 1 aliphatic heterocycles. The van der Waals surface area contributed by atoms with Crippen LogP contribution in [0.2, 0.25) is 0 Å². The van der Waals surface area contributed by atoms with Gasteiger partial charge in [0.25, 0.3) is 0 Å². The van der Waals surface area contributed by atoms with Crippen LogP contribution in [0.15, 0.2) is 12.1 Å². The van der Waals surface area contributed by atoms with Crippen molar-refractivity contribution in [1.29, 1.82) is 0 Å². The molecule has 1 N–H and O–H groups in total. The van der Waals surface area contributed by atoms with Crippen LogP contribution in [0.4, 0.5) is 0 Å². The average molecular weight is 305 g/mol. The van der Waals surface area contributed by atoms with Gasteiger partial charge in [0.2, 0.25) is 0 Å². The molecule has 0 radical (unpaired) electrons. The number of ether oxygens (including phenoxy) is 2. The second-order valence-corrected chi connectivity index (χ2v) is 5.32. The van der Waals surface area contributed by atoms with Crippen LogP contribution >= 0.6 is 0 Å². The summed E-state index contributed by atoms with van der Waals surface area (Å²) >= 11 is 0. The Balaban J connectivity index is 2.07. The number of aryl methyl sites for hydroxylation is 1. The number of hydrogen-bond donors (Lipinski definition) is 1. The van der Waals surface area contributed by atoms with Gasteiger partial charge in [0.05, 0.1) is 31.2 Å².